The number of ether oxygens (including phenoxy) is 1. The molecule has 2 rings (SSSR count). The van der Waals surface area contributed by atoms with E-state index in [9.17, 15) is 0 Å². The summed E-state index contributed by atoms with van der Waals surface area (Å²) in [6.07, 6.45) is 2.62. The first-order chi connectivity index (χ1) is 7.19. The van der Waals surface area contributed by atoms with Crippen LogP contribution in [0, 0.1) is 0 Å². The third kappa shape index (κ3) is 2.03. The summed E-state index contributed by atoms with van der Waals surface area (Å²) in [5, 5.41) is 3.92. The van der Waals surface area contributed by atoms with E-state index in [0.29, 0.717) is 18.3 Å². The summed E-state index contributed by atoms with van der Waals surface area (Å²) in [4.78, 5) is 4.31. The predicted octanol–water partition coefficient (Wildman–Crippen LogP) is 1.50. The number of nitrogens with two attached hydrogens (primary N) is 1. The molecule has 5 heteroatoms. The van der Waals surface area contributed by atoms with Crippen molar-refractivity contribution in [1.29, 1.82) is 0 Å². The van der Waals surface area contributed by atoms with E-state index in [1.165, 1.54) is 0 Å². The Labute approximate surface area is 89.0 Å². The van der Waals surface area contributed by atoms with Gasteiger partial charge in [0.05, 0.1) is 5.54 Å². The summed E-state index contributed by atoms with van der Waals surface area (Å²) in [6, 6.07) is 0. The molecular weight excluding hydrogens is 194 g/mol. The van der Waals surface area contributed by atoms with Gasteiger partial charge in [-0.25, -0.2) is 0 Å². The summed E-state index contributed by atoms with van der Waals surface area (Å²) >= 11 is 0. The van der Waals surface area contributed by atoms with Crippen LogP contribution in [-0.2, 0) is 10.3 Å². The molecule has 1 heterocycles. The number of nitrogens with zero attached hydrogens (tertiary/aromatic N) is 2. The van der Waals surface area contributed by atoms with Crippen molar-refractivity contribution in [2.45, 2.75) is 44.8 Å². The van der Waals surface area contributed by atoms with Crippen LogP contribution >= 0.6 is 0 Å². The molecule has 1 atom stereocenters. The first-order valence-corrected chi connectivity index (χ1v) is 5.44. The molecule has 0 bridgehead atoms. The lowest BCUT2D eigenvalue weighted by atomic mass is 10.2. The molecule has 0 spiro atoms. The molecule has 0 radical (unpaired) electrons. The van der Waals surface area contributed by atoms with Gasteiger partial charge in [-0.2, -0.15) is 4.98 Å². The Morgan fingerprint density at radius 3 is 2.80 bits per heavy atom. The molecule has 1 fully saturated rings. The Morgan fingerprint density at radius 1 is 1.53 bits per heavy atom. The lowest BCUT2D eigenvalue weighted by Crippen LogP contribution is -2.19. The SMILES string of the molecule is CCOC(CC)c1noc(C2(N)CC2)n1. The summed E-state index contributed by atoms with van der Waals surface area (Å²) in [6.45, 7) is 4.64. The molecule has 0 amide bonds. The molecule has 1 aliphatic rings. The second-order valence-electron chi connectivity index (χ2n) is 3.97. The summed E-state index contributed by atoms with van der Waals surface area (Å²) in [5.41, 5.74) is 5.61. The van der Waals surface area contributed by atoms with E-state index < -0.39 is 0 Å². The van der Waals surface area contributed by atoms with Crippen LogP contribution in [0.2, 0.25) is 0 Å². The molecular formula is C10H17N3O2. The highest BCUT2D eigenvalue weighted by atomic mass is 16.5. The van der Waals surface area contributed by atoms with Gasteiger partial charge in [-0.05, 0) is 26.2 Å². The maximum Gasteiger partial charge on any atom is 0.246 e. The standard InChI is InChI=1S/C10H17N3O2/c1-3-7(14-4-2)8-12-9(15-13-8)10(11)5-6-10/h7H,3-6,11H2,1-2H3. The molecule has 15 heavy (non-hydrogen) atoms. The minimum Gasteiger partial charge on any atom is -0.370 e. The first-order valence-electron chi connectivity index (χ1n) is 5.44. The van der Waals surface area contributed by atoms with E-state index in [1.54, 1.807) is 0 Å². The second-order valence-corrected chi connectivity index (χ2v) is 3.97. The zero-order valence-electron chi connectivity index (χ0n) is 9.19. The van der Waals surface area contributed by atoms with Crippen molar-refractivity contribution in [3.63, 3.8) is 0 Å². The van der Waals surface area contributed by atoms with Gasteiger partial charge in [0.1, 0.15) is 6.10 Å². The van der Waals surface area contributed by atoms with Crippen molar-refractivity contribution in [2.24, 2.45) is 5.73 Å². The summed E-state index contributed by atoms with van der Waals surface area (Å²) < 4.78 is 10.7. The maximum atomic E-state index is 5.96. The number of hydrogen-bond acceptors (Lipinski definition) is 5. The zero-order chi connectivity index (χ0) is 10.9. The van der Waals surface area contributed by atoms with E-state index >= 15 is 0 Å². The normalized spacial score (nSPS) is 20.2. The van der Waals surface area contributed by atoms with Gasteiger partial charge >= 0.3 is 0 Å². The molecule has 1 aromatic rings. The van der Waals surface area contributed by atoms with Gasteiger partial charge in [-0.15, -0.1) is 0 Å². The first kappa shape index (κ1) is 10.6. The van der Waals surface area contributed by atoms with Gasteiger partial charge in [0.15, 0.2) is 0 Å². The zero-order valence-corrected chi connectivity index (χ0v) is 9.19. The van der Waals surface area contributed by atoms with E-state index in [4.69, 9.17) is 15.0 Å². The molecule has 0 aliphatic heterocycles. The van der Waals surface area contributed by atoms with Crippen LogP contribution in [0.15, 0.2) is 4.52 Å². The van der Waals surface area contributed by atoms with Crippen LogP contribution in [0.1, 0.15) is 50.9 Å². The van der Waals surface area contributed by atoms with Gasteiger partial charge in [0.25, 0.3) is 0 Å². The molecule has 2 N–H and O–H groups in total. The Morgan fingerprint density at radius 2 is 2.27 bits per heavy atom. The topological polar surface area (TPSA) is 74.2 Å². The van der Waals surface area contributed by atoms with Crippen LogP contribution in [0.5, 0.6) is 0 Å². The largest absolute Gasteiger partial charge is 0.370 e. The summed E-state index contributed by atoms with van der Waals surface area (Å²) in [5.74, 6) is 1.17. The number of hydrogen-bond donors (Lipinski definition) is 1. The fourth-order valence-corrected chi connectivity index (χ4v) is 1.49. The molecule has 1 unspecified atom stereocenters. The van der Waals surface area contributed by atoms with Crippen LogP contribution < -0.4 is 5.73 Å². The fourth-order valence-electron chi connectivity index (χ4n) is 1.49. The maximum absolute atomic E-state index is 5.96. The van der Waals surface area contributed by atoms with Gasteiger partial charge in [0.2, 0.25) is 11.7 Å². The van der Waals surface area contributed by atoms with E-state index in [0.717, 1.165) is 19.3 Å². The minimum absolute atomic E-state index is 0.0742. The van der Waals surface area contributed by atoms with Gasteiger partial charge in [0, 0.05) is 6.61 Å². The lowest BCUT2D eigenvalue weighted by molar-refractivity contribution is 0.0518. The Bertz CT molecular complexity index is 333. The van der Waals surface area contributed by atoms with Gasteiger partial charge < -0.3 is 15.0 Å². The van der Waals surface area contributed by atoms with Crippen molar-refractivity contribution in [1.82, 2.24) is 10.1 Å². The third-order valence-electron chi connectivity index (χ3n) is 2.68. The third-order valence-corrected chi connectivity index (χ3v) is 2.68. The van der Waals surface area contributed by atoms with E-state index in [1.807, 2.05) is 13.8 Å². The highest BCUT2D eigenvalue weighted by molar-refractivity contribution is 5.12. The van der Waals surface area contributed by atoms with Crippen molar-refractivity contribution >= 4 is 0 Å². The molecule has 1 aliphatic carbocycles. The lowest BCUT2D eigenvalue weighted by Gasteiger charge is -2.09. The monoisotopic (exact) mass is 211 g/mol. The second kappa shape index (κ2) is 3.90. The molecule has 84 valence electrons. The molecule has 1 saturated carbocycles. The van der Waals surface area contributed by atoms with Gasteiger partial charge in [-0.3, -0.25) is 0 Å². The van der Waals surface area contributed by atoms with E-state index in [2.05, 4.69) is 10.1 Å². The average molecular weight is 211 g/mol. The van der Waals surface area contributed by atoms with Crippen molar-refractivity contribution in [2.75, 3.05) is 6.61 Å². The molecule has 5 nitrogen and oxygen atoms in total. The average Bonchev–Trinajstić information content (AvgIpc) is 2.82. The Balaban J connectivity index is 2.11. The number of aromatic nitrogens is 2. The summed E-state index contributed by atoms with van der Waals surface area (Å²) in [7, 11) is 0. The molecule has 0 aromatic carbocycles. The smallest absolute Gasteiger partial charge is 0.246 e. The predicted molar refractivity (Wildman–Crippen MR) is 54.1 cm³/mol. The Kier molecular flexibility index (Phi) is 2.75. The minimum atomic E-state index is -0.351. The van der Waals surface area contributed by atoms with Crippen molar-refractivity contribution < 1.29 is 9.26 Å². The molecule has 1 aromatic heterocycles. The highest BCUT2D eigenvalue weighted by Crippen LogP contribution is 2.41. The van der Waals surface area contributed by atoms with Crippen LogP contribution in [0.25, 0.3) is 0 Å². The number of rotatable bonds is 5. The van der Waals surface area contributed by atoms with Gasteiger partial charge in [-0.1, -0.05) is 12.1 Å². The van der Waals surface area contributed by atoms with Crippen molar-refractivity contribution in [3.05, 3.63) is 11.7 Å². The van der Waals surface area contributed by atoms with Crippen molar-refractivity contribution in [3.8, 4) is 0 Å². The Hall–Kier alpha value is -0.940. The molecule has 0 saturated heterocycles. The highest BCUT2D eigenvalue weighted by Gasteiger charge is 2.45. The van der Waals surface area contributed by atoms with Crippen LogP contribution in [0.3, 0.4) is 0 Å². The fraction of sp³-hybridized carbons (Fsp3) is 0.800. The quantitative estimate of drug-likeness (QED) is 0.799. The van der Waals surface area contributed by atoms with E-state index in [-0.39, 0.29) is 11.6 Å². The van der Waals surface area contributed by atoms with Crippen LogP contribution in [-0.4, -0.2) is 16.7 Å². The van der Waals surface area contributed by atoms with Crippen LogP contribution in [0.4, 0.5) is 0 Å².